The summed E-state index contributed by atoms with van der Waals surface area (Å²) in [6.07, 6.45) is 5.55. The highest BCUT2D eigenvalue weighted by Crippen LogP contribution is 2.44. The van der Waals surface area contributed by atoms with Crippen molar-refractivity contribution in [2.24, 2.45) is 11.3 Å². The zero-order chi connectivity index (χ0) is 15.5. The highest BCUT2D eigenvalue weighted by atomic mass is 16.4. The molecular weight excluding hydrogens is 268 g/mol. The normalized spacial score (nSPS) is 25.1. The Morgan fingerprint density at radius 3 is 2.48 bits per heavy atom. The van der Waals surface area contributed by atoms with E-state index in [0.29, 0.717) is 12.3 Å². The summed E-state index contributed by atoms with van der Waals surface area (Å²) in [5.41, 5.74) is -0.288. The lowest BCUT2D eigenvalue weighted by molar-refractivity contribution is -0.141. The first-order chi connectivity index (χ1) is 9.90. The number of rotatable bonds is 6. The van der Waals surface area contributed by atoms with Crippen LogP contribution in [0.2, 0.25) is 0 Å². The molecule has 0 aromatic rings. The van der Waals surface area contributed by atoms with Crippen LogP contribution < -0.4 is 0 Å². The summed E-state index contributed by atoms with van der Waals surface area (Å²) in [5.74, 6) is -0.0968. The van der Waals surface area contributed by atoms with Crippen molar-refractivity contribution >= 4 is 11.9 Å². The highest BCUT2D eigenvalue weighted by Gasteiger charge is 2.38. The number of hydrogen-bond acceptors (Lipinski definition) is 3. The van der Waals surface area contributed by atoms with Gasteiger partial charge in [-0.15, -0.1) is 0 Å². The zero-order valence-electron chi connectivity index (χ0n) is 13.3. The Morgan fingerprint density at radius 2 is 1.95 bits per heavy atom. The summed E-state index contributed by atoms with van der Waals surface area (Å²) in [6.45, 7) is 2.96. The molecule has 1 aliphatic carbocycles. The Balaban J connectivity index is 1.87. The molecule has 1 saturated heterocycles. The van der Waals surface area contributed by atoms with Gasteiger partial charge in [0.15, 0.2) is 0 Å². The van der Waals surface area contributed by atoms with Gasteiger partial charge in [-0.05, 0) is 44.2 Å². The maximum atomic E-state index is 12.5. The summed E-state index contributed by atoms with van der Waals surface area (Å²) < 4.78 is 0. The lowest BCUT2D eigenvalue weighted by Gasteiger charge is -2.30. The van der Waals surface area contributed by atoms with Crippen molar-refractivity contribution in [2.45, 2.75) is 44.9 Å². The average Bonchev–Trinajstić information content (AvgIpc) is 2.98. The van der Waals surface area contributed by atoms with Gasteiger partial charge in [0.2, 0.25) is 5.91 Å². The van der Waals surface area contributed by atoms with Gasteiger partial charge < -0.3 is 14.9 Å². The SMILES string of the molecule is CN1CCC(CN(C)C(=O)CC2(CC(=O)O)CCCC2)C1. The molecule has 1 aliphatic heterocycles. The molecule has 1 atom stereocenters. The standard InChI is InChI=1S/C16H28N2O3/c1-17-8-5-13(11-17)12-18(2)14(19)9-16(10-15(20)21)6-3-4-7-16/h13H,3-12H2,1-2H3,(H,20,21). The van der Waals surface area contributed by atoms with Gasteiger partial charge in [0, 0.05) is 26.6 Å². The Bertz CT molecular complexity index is 391. The van der Waals surface area contributed by atoms with E-state index >= 15 is 0 Å². The van der Waals surface area contributed by atoms with Crippen LogP contribution in [0.25, 0.3) is 0 Å². The molecule has 2 fully saturated rings. The number of carbonyl (C=O) groups excluding carboxylic acids is 1. The quantitative estimate of drug-likeness (QED) is 0.812. The van der Waals surface area contributed by atoms with E-state index < -0.39 is 5.97 Å². The molecule has 2 rings (SSSR count). The van der Waals surface area contributed by atoms with Crippen molar-refractivity contribution in [3.05, 3.63) is 0 Å². The monoisotopic (exact) mass is 296 g/mol. The topological polar surface area (TPSA) is 60.9 Å². The van der Waals surface area contributed by atoms with Crippen molar-refractivity contribution < 1.29 is 14.7 Å². The van der Waals surface area contributed by atoms with Crippen LogP contribution in [-0.2, 0) is 9.59 Å². The number of carboxylic acid groups (broad SMARTS) is 1. The second kappa shape index (κ2) is 6.77. The predicted molar refractivity (Wildman–Crippen MR) is 81.0 cm³/mol. The second-order valence-electron chi connectivity index (χ2n) is 7.15. The van der Waals surface area contributed by atoms with E-state index in [1.54, 1.807) is 0 Å². The smallest absolute Gasteiger partial charge is 0.303 e. The van der Waals surface area contributed by atoms with Crippen molar-refractivity contribution in [2.75, 3.05) is 33.7 Å². The van der Waals surface area contributed by atoms with E-state index in [2.05, 4.69) is 11.9 Å². The fourth-order valence-corrected chi connectivity index (χ4v) is 3.98. The van der Waals surface area contributed by atoms with Gasteiger partial charge in [0.25, 0.3) is 0 Å². The molecule has 0 aromatic heterocycles. The molecular formula is C16H28N2O3. The lowest BCUT2D eigenvalue weighted by Crippen LogP contribution is -2.36. The van der Waals surface area contributed by atoms with Gasteiger partial charge in [0.05, 0.1) is 6.42 Å². The second-order valence-corrected chi connectivity index (χ2v) is 7.15. The largest absolute Gasteiger partial charge is 0.481 e. The fraction of sp³-hybridized carbons (Fsp3) is 0.875. The molecule has 1 amide bonds. The number of aliphatic carboxylic acids is 1. The molecule has 0 bridgehead atoms. The van der Waals surface area contributed by atoms with Crippen LogP contribution >= 0.6 is 0 Å². The van der Waals surface area contributed by atoms with Gasteiger partial charge in [0.1, 0.15) is 0 Å². The van der Waals surface area contributed by atoms with Crippen molar-refractivity contribution in [3.63, 3.8) is 0 Å². The highest BCUT2D eigenvalue weighted by molar-refractivity contribution is 5.78. The van der Waals surface area contributed by atoms with Crippen LogP contribution in [0.3, 0.4) is 0 Å². The van der Waals surface area contributed by atoms with Crippen LogP contribution in [0.1, 0.15) is 44.9 Å². The minimum absolute atomic E-state index is 0.118. The van der Waals surface area contributed by atoms with E-state index in [9.17, 15) is 9.59 Å². The third-order valence-corrected chi connectivity index (χ3v) is 5.16. The Labute approximate surface area is 127 Å². The van der Waals surface area contributed by atoms with Crippen LogP contribution in [0.4, 0.5) is 0 Å². The Kier molecular flexibility index (Phi) is 5.25. The Morgan fingerprint density at radius 1 is 1.29 bits per heavy atom. The average molecular weight is 296 g/mol. The molecule has 1 N–H and O–H groups in total. The van der Waals surface area contributed by atoms with Gasteiger partial charge in [-0.25, -0.2) is 0 Å². The van der Waals surface area contributed by atoms with E-state index in [-0.39, 0.29) is 17.7 Å². The summed E-state index contributed by atoms with van der Waals surface area (Å²) in [4.78, 5) is 27.7. The van der Waals surface area contributed by atoms with Gasteiger partial charge in [-0.2, -0.15) is 0 Å². The Hall–Kier alpha value is -1.10. The van der Waals surface area contributed by atoms with E-state index in [1.807, 2.05) is 11.9 Å². The first-order valence-corrected chi connectivity index (χ1v) is 8.04. The molecule has 0 aromatic carbocycles. The first-order valence-electron chi connectivity index (χ1n) is 8.04. The predicted octanol–water partition coefficient (Wildman–Crippen LogP) is 1.82. The molecule has 0 radical (unpaired) electrons. The fourth-order valence-electron chi connectivity index (χ4n) is 3.98. The summed E-state index contributed by atoms with van der Waals surface area (Å²) in [6, 6.07) is 0. The van der Waals surface area contributed by atoms with Crippen LogP contribution in [0.15, 0.2) is 0 Å². The summed E-state index contributed by atoms with van der Waals surface area (Å²) >= 11 is 0. The minimum Gasteiger partial charge on any atom is -0.481 e. The molecule has 120 valence electrons. The van der Waals surface area contributed by atoms with Gasteiger partial charge in [-0.3, -0.25) is 9.59 Å². The van der Waals surface area contributed by atoms with E-state index in [0.717, 1.165) is 51.7 Å². The van der Waals surface area contributed by atoms with Crippen LogP contribution in [-0.4, -0.2) is 60.5 Å². The molecule has 1 unspecified atom stereocenters. The molecule has 21 heavy (non-hydrogen) atoms. The number of hydrogen-bond donors (Lipinski definition) is 1. The number of carboxylic acids is 1. The minimum atomic E-state index is -0.773. The van der Waals surface area contributed by atoms with Crippen LogP contribution in [0.5, 0.6) is 0 Å². The molecule has 1 heterocycles. The maximum absolute atomic E-state index is 12.5. The van der Waals surface area contributed by atoms with Gasteiger partial charge >= 0.3 is 5.97 Å². The van der Waals surface area contributed by atoms with E-state index in [4.69, 9.17) is 5.11 Å². The molecule has 5 nitrogen and oxygen atoms in total. The number of nitrogens with zero attached hydrogens (tertiary/aromatic N) is 2. The van der Waals surface area contributed by atoms with Crippen LogP contribution in [0, 0.1) is 11.3 Å². The zero-order valence-corrected chi connectivity index (χ0v) is 13.3. The van der Waals surface area contributed by atoms with E-state index in [1.165, 1.54) is 0 Å². The molecule has 5 heteroatoms. The first kappa shape index (κ1) is 16.3. The number of carbonyl (C=O) groups is 2. The summed E-state index contributed by atoms with van der Waals surface area (Å²) in [5, 5.41) is 9.12. The third kappa shape index (κ3) is 4.43. The number of amides is 1. The molecule has 1 saturated carbocycles. The van der Waals surface area contributed by atoms with Crippen molar-refractivity contribution in [1.82, 2.24) is 9.80 Å². The molecule has 0 spiro atoms. The molecule has 2 aliphatic rings. The van der Waals surface area contributed by atoms with Crippen molar-refractivity contribution in [3.8, 4) is 0 Å². The van der Waals surface area contributed by atoms with Gasteiger partial charge in [-0.1, -0.05) is 12.8 Å². The maximum Gasteiger partial charge on any atom is 0.303 e. The third-order valence-electron chi connectivity index (χ3n) is 5.16. The summed E-state index contributed by atoms with van der Waals surface area (Å²) in [7, 11) is 3.98. The lowest BCUT2D eigenvalue weighted by atomic mass is 9.79. The van der Waals surface area contributed by atoms with Crippen molar-refractivity contribution in [1.29, 1.82) is 0 Å². The number of likely N-dealkylation sites (tertiary alicyclic amines) is 1.